The number of ether oxygens (including phenoxy) is 2. The molecular formula is C12H18O5. The summed E-state index contributed by atoms with van der Waals surface area (Å²) in [6.45, 7) is 3.28. The molecule has 0 spiro atoms. The van der Waals surface area contributed by atoms with Gasteiger partial charge in [0.05, 0.1) is 24.4 Å². The molecule has 1 saturated heterocycles. The van der Waals surface area contributed by atoms with Crippen LogP contribution < -0.4 is 0 Å². The molecule has 3 atom stereocenters. The number of hydrogen-bond donors (Lipinski definition) is 2. The monoisotopic (exact) mass is 242 g/mol. The summed E-state index contributed by atoms with van der Waals surface area (Å²) in [4.78, 5) is 11.6. The van der Waals surface area contributed by atoms with E-state index in [1.54, 1.807) is 13.8 Å². The van der Waals surface area contributed by atoms with Crippen LogP contribution in [0.5, 0.6) is 0 Å². The third kappa shape index (κ3) is 2.17. The van der Waals surface area contributed by atoms with Crippen molar-refractivity contribution in [3.05, 3.63) is 11.3 Å². The van der Waals surface area contributed by atoms with Gasteiger partial charge in [0.15, 0.2) is 6.10 Å². The average molecular weight is 242 g/mol. The lowest BCUT2D eigenvalue weighted by Crippen LogP contribution is -2.39. The fourth-order valence-electron chi connectivity index (χ4n) is 2.51. The van der Waals surface area contributed by atoms with Crippen LogP contribution in [0.1, 0.15) is 26.7 Å². The van der Waals surface area contributed by atoms with Gasteiger partial charge in [0.1, 0.15) is 6.10 Å². The quantitative estimate of drug-likeness (QED) is 0.696. The van der Waals surface area contributed by atoms with E-state index in [4.69, 9.17) is 9.47 Å². The molecule has 96 valence electrons. The summed E-state index contributed by atoms with van der Waals surface area (Å²) in [7, 11) is 0. The van der Waals surface area contributed by atoms with Crippen LogP contribution in [0.25, 0.3) is 0 Å². The van der Waals surface area contributed by atoms with Crippen LogP contribution in [0, 0.1) is 5.92 Å². The Bertz CT molecular complexity index is 347. The summed E-state index contributed by atoms with van der Waals surface area (Å²) >= 11 is 0. The van der Waals surface area contributed by atoms with E-state index >= 15 is 0 Å². The van der Waals surface area contributed by atoms with Crippen molar-refractivity contribution in [3.8, 4) is 0 Å². The highest BCUT2D eigenvalue weighted by Gasteiger charge is 2.47. The fourth-order valence-corrected chi connectivity index (χ4v) is 2.51. The van der Waals surface area contributed by atoms with Gasteiger partial charge in [-0.1, -0.05) is 0 Å². The van der Waals surface area contributed by atoms with Gasteiger partial charge in [-0.05, 0) is 20.3 Å². The van der Waals surface area contributed by atoms with Crippen molar-refractivity contribution in [1.82, 2.24) is 0 Å². The summed E-state index contributed by atoms with van der Waals surface area (Å²) in [5, 5.41) is 19.3. The zero-order valence-electron chi connectivity index (χ0n) is 10.0. The van der Waals surface area contributed by atoms with E-state index in [9.17, 15) is 15.0 Å². The van der Waals surface area contributed by atoms with Crippen LogP contribution in [-0.4, -0.2) is 41.1 Å². The van der Waals surface area contributed by atoms with Crippen molar-refractivity contribution in [2.75, 3.05) is 6.61 Å². The van der Waals surface area contributed by atoms with Gasteiger partial charge in [0, 0.05) is 12.0 Å². The van der Waals surface area contributed by atoms with Gasteiger partial charge in [-0.3, -0.25) is 0 Å². The topological polar surface area (TPSA) is 76.0 Å². The Labute approximate surface area is 100 Å². The highest BCUT2D eigenvalue weighted by Crippen LogP contribution is 2.43. The molecular weight excluding hydrogens is 224 g/mol. The van der Waals surface area contributed by atoms with Crippen molar-refractivity contribution < 1.29 is 24.5 Å². The summed E-state index contributed by atoms with van der Waals surface area (Å²) in [5.74, 6) is -0.360. The zero-order valence-corrected chi connectivity index (χ0v) is 10.0. The maximum absolute atomic E-state index is 11.6. The van der Waals surface area contributed by atoms with Gasteiger partial charge < -0.3 is 19.7 Å². The van der Waals surface area contributed by atoms with Gasteiger partial charge in [0.25, 0.3) is 0 Å². The van der Waals surface area contributed by atoms with E-state index in [0.29, 0.717) is 5.57 Å². The lowest BCUT2D eigenvalue weighted by Gasteiger charge is -2.24. The molecule has 5 heteroatoms. The third-order valence-corrected chi connectivity index (χ3v) is 3.21. The second-order valence-corrected chi connectivity index (χ2v) is 4.76. The second-order valence-electron chi connectivity index (χ2n) is 4.76. The molecule has 0 radical (unpaired) electrons. The molecule has 0 aromatic heterocycles. The first-order valence-electron chi connectivity index (χ1n) is 5.92. The molecule has 2 bridgehead atoms. The first-order valence-corrected chi connectivity index (χ1v) is 5.92. The minimum Gasteiger partial charge on any atom is -0.494 e. The maximum atomic E-state index is 11.6. The molecule has 2 N–H and O–H groups in total. The Morgan fingerprint density at radius 2 is 2.29 bits per heavy atom. The van der Waals surface area contributed by atoms with E-state index in [1.165, 1.54) is 0 Å². The Balaban J connectivity index is 2.10. The van der Waals surface area contributed by atoms with E-state index in [1.807, 2.05) is 0 Å². The Kier molecular flexibility index (Phi) is 3.40. The molecule has 3 unspecified atom stereocenters. The number of aliphatic hydroxyl groups excluding tert-OH is 2. The number of rotatable bonds is 4. The summed E-state index contributed by atoms with van der Waals surface area (Å²) in [6, 6.07) is 0. The number of aliphatic hydroxyl groups is 2. The van der Waals surface area contributed by atoms with Gasteiger partial charge >= 0.3 is 5.97 Å². The smallest absolute Gasteiger partial charge is 0.335 e. The van der Waals surface area contributed by atoms with E-state index < -0.39 is 18.0 Å². The van der Waals surface area contributed by atoms with Crippen LogP contribution in [0.3, 0.4) is 0 Å². The molecule has 2 heterocycles. The highest BCUT2D eigenvalue weighted by atomic mass is 16.6. The molecule has 0 aliphatic carbocycles. The predicted molar refractivity (Wildman–Crippen MR) is 58.9 cm³/mol. The summed E-state index contributed by atoms with van der Waals surface area (Å²) < 4.78 is 10.5. The number of esters is 1. The van der Waals surface area contributed by atoms with E-state index in [-0.39, 0.29) is 18.8 Å². The molecule has 2 aliphatic rings. The number of hydrogen-bond acceptors (Lipinski definition) is 5. The number of fused-ring (bicyclic) bond motifs is 2. The molecule has 1 fully saturated rings. The number of carbonyl (C=O) groups excluding carboxylic acids is 1. The number of carbonyl (C=O) groups is 1. The lowest BCUT2D eigenvalue weighted by molar-refractivity contribution is -0.161. The molecule has 0 aromatic rings. The van der Waals surface area contributed by atoms with Crippen molar-refractivity contribution in [2.24, 2.45) is 5.92 Å². The minimum absolute atomic E-state index is 0.178. The Morgan fingerprint density at radius 1 is 1.59 bits per heavy atom. The van der Waals surface area contributed by atoms with Crippen molar-refractivity contribution >= 4 is 5.97 Å². The molecule has 0 aromatic carbocycles. The fraction of sp³-hybridized carbons (Fsp3) is 0.750. The predicted octanol–water partition coefficient (Wildman–Crippen LogP) is 0.354. The summed E-state index contributed by atoms with van der Waals surface area (Å²) in [6.07, 6.45) is -0.135. The van der Waals surface area contributed by atoms with Gasteiger partial charge in [0.2, 0.25) is 0 Å². The Hall–Kier alpha value is -1.07. The van der Waals surface area contributed by atoms with Crippen LogP contribution in [0.15, 0.2) is 11.3 Å². The lowest BCUT2D eigenvalue weighted by atomic mass is 9.83. The van der Waals surface area contributed by atoms with Crippen LogP contribution in [0.2, 0.25) is 0 Å². The standard InChI is InChI=1S/C12H18O5/c1-6(2)16-12(15)11(14)10-7(5-13)8-3-4-9(10)17-8/h6,9-11,13-14H,3-5H2,1-2H3. The molecule has 5 nitrogen and oxygen atoms in total. The molecule has 0 amide bonds. The highest BCUT2D eigenvalue weighted by molar-refractivity contribution is 5.76. The van der Waals surface area contributed by atoms with Gasteiger partial charge in [-0.15, -0.1) is 0 Å². The van der Waals surface area contributed by atoms with Crippen molar-refractivity contribution in [2.45, 2.75) is 45.0 Å². The maximum Gasteiger partial charge on any atom is 0.335 e. The van der Waals surface area contributed by atoms with Crippen LogP contribution in [0.4, 0.5) is 0 Å². The minimum atomic E-state index is -1.25. The normalized spacial score (nSPS) is 28.5. The first-order chi connectivity index (χ1) is 8.04. The van der Waals surface area contributed by atoms with Crippen molar-refractivity contribution in [1.29, 1.82) is 0 Å². The zero-order chi connectivity index (χ0) is 12.6. The van der Waals surface area contributed by atoms with Gasteiger partial charge in [-0.25, -0.2) is 4.79 Å². The Morgan fingerprint density at radius 3 is 2.88 bits per heavy atom. The van der Waals surface area contributed by atoms with E-state index in [0.717, 1.165) is 18.6 Å². The molecule has 17 heavy (non-hydrogen) atoms. The third-order valence-electron chi connectivity index (χ3n) is 3.21. The average Bonchev–Trinajstić information content (AvgIpc) is 2.85. The number of allylic oxidation sites excluding steroid dienone is 1. The molecule has 2 aliphatic heterocycles. The van der Waals surface area contributed by atoms with Crippen LogP contribution in [-0.2, 0) is 14.3 Å². The van der Waals surface area contributed by atoms with Crippen molar-refractivity contribution in [3.63, 3.8) is 0 Å². The molecule has 2 rings (SSSR count). The SMILES string of the molecule is CC(C)OC(=O)C(O)C1C(CO)=C2CCC1O2. The molecule has 0 saturated carbocycles. The van der Waals surface area contributed by atoms with E-state index in [2.05, 4.69) is 0 Å². The second kappa shape index (κ2) is 4.66. The first kappa shape index (κ1) is 12.4. The summed E-state index contributed by atoms with van der Waals surface area (Å²) in [5.41, 5.74) is 0.648. The van der Waals surface area contributed by atoms with Crippen LogP contribution >= 0.6 is 0 Å². The largest absolute Gasteiger partial charge is 0.494 e. The van der Waals surface area contributed by atoms with Gasteiger partial charge in [-0.2, -0.15) is 0 Å².